The summed E-state index contributed by atoms with van der Waals surface area (Å²) in [5.41, 5.74) is 2.51. The van der Waals surface area contributed by atoms with Crippen molar-refractivity contribution in [3.63, 3.8) is 0 Å². The topological polar surface area (TPSA) is 42.2 Å². The largest absolute Gasteiger partial charge is 0.477 e. The molecule has 94 valence electrons. The van der Waals surface area contributed by atoms with Gasteiger partial charge < -0.3 is 9.67 Å². The molecule has 3 nitrogen and oxygen atoms in total. The Labute approximate surface area is 107 Å². The van der Waals surface area contributed by atoms with Gasteiger partial charge in [-0.3, -0.25) is 0 Å². The van der Waals surface area contributed by atoms with Gasteiger partial charge in [-0.05, 0) is 23.1 Å². The first-order valence-electron chi connectivity index (χ1n) is 6.05. The third-order valence-corrected chi connectivity index (χ3v) is 3.00. The van der Waals surface area contributed by atoms with E-state index in [4.69, 9.17) is 0 Å². The molecule has 1 aromatic heterocycles. The van der Waals surface area contributed by atoms with Crippen molar-refractivity contribution in [1.82, 2.24) is 4.57 Å². The molecule has 1 heterocycles. The van der Waals surface area contributed by atoms with Gasteiger partial charge in [0.25, 0.3) is 0 Å². The van der Waals surface area contributed by atoms with Gasteiger partial charge in [-0.1, -0.05) is 44.2 Å². The highest BCUT2D eigenvalue weighted by molar-refractivity contribution is 5.86. The van der Waals surface area contributed by atoms with Crippen LogP contribution in [0.5, 0.6) is 0 Å². The summed E-state index contributed by atoms with van der Waals surface area (Å²) in [6.45, 7) is 4.72. The molecule has 0 saturated heterocycles. The predicted molar refractivity (Wildman–Crippen MR) is 71.0 cm³/mol. The molecule has 18 heavy (non-hydrogen) atoms. The highest BCUT2D eigenvalue weighted by Crippen LogP contribution is 2.19. The first-order chi connectivity index (χ1) is 8.58. The zero-order chi connectivity index (χ0) is 13.1. The average Bonchev–Trinajstić information content (AvgIpc) is 2.74. The summed E-state index contributed by atoms with van der Waals surface area (Å²) in [5, 5.41) is 9.22. The van der Waals surface area contributed by atoms with Crippen molar-refractivity contribution < 1.29 is 9.90 Å². The number of carboxylic acids is 1. The number of benzene rings is 1. The first kappa shape index (κ1) is 12.4. The van der Waals surface area contributed by atoms with Gasteiger partial charge in [0.15, 0.2) is 0 Å². The second-order valence-electron chi connectivity index (χ2n) is 4.73. The van der Waals surface area contributed by atoms with Crippen LogP contribution in [0.4, 0.5) is 0 Å². The van der Waals surface area contributed by atoms with Crippen LogP contribution in [0.2, 0.25) is 0 Å². The molecule has 0 aliphatic carbocycles. The van der Waals surface area contributed by atoms with Crippen LogP contribution in [-0.4, -0.2) is 15.6 Å². The minimum Gasteiger partial charge on any atom is -0.477 e. The number of aromatic nitrogens is 1. The summed E-state index contributed by atoms with van der Waals surface area (Å²) in [7, 11) is 0. The maximum absolute atomic E-state index is 11.2. The van der Waals surface area contributed by atoms with Crippen LogP contribution in [0.15, 0.2) is 42.6 Å². The minimum atomic E-state index is -0.877. The van der Waals surface area contributed by atoms with Crippen LogP contribution in [-0.2, 0) is 6.54 Å². The fraction of sp³-hybridized carbons (Fsp3) is 0.267. The predicted octanol–water partition coefficient (Wildman–Crippen LogP) is 3.36. The summed E-state index contributed by atoms with van der Waals surface area (Å²) in [4.78, 5) is 11.2. The van der Waals surface area contributed by atoms with Crippen LogP contribution in [0.3, 0.4) is 0 Å². The molecule has 0 aliphatic rings. The Balaban J connectivity index is 2.34. The third kappa shape index (κ3) is 2.62. The molecule has 0 bridgehead atoms. The van der Waals surface area contributed by atoms with Gasteiger partial charge in [0.2, 0.25) is 0 Å². The van der Waals surface area contributed by atoms with E-state index in [9.17, 15) is 9.90 Å². The lowest BCUT2D eigenvalue weighted by molar-refractivity contribution is 0.0685. The molecule has 0 atom stereocenters. The molecule has 3 heteroatoms. The normalized spacial score (nSPS) is 10.8. The fourth-order valence-electron chi connectivity index (χ4n) is 1.94. The number of hydrogen-bond donors (Lipinski definition) is 1. The van der Waals surface area contributed by atoms with Crippen molar-refractivity contribution in [1.29, 1.82) is 0 Å². The van der Waals surface area contributed by atoms with E-state index < -0.39 is 5.97 Å². The summed E-state index contributed by atoms with van der Waals surface area (Å²) in [5.74, 6) is -0.544. The number of aromatic carboxylic acids is 1. The SMILES string of the molecule is CC(C)c1cc(C(=O)O)n(Cc2ccccc2)c1. The molecule has 0 aliphatic heterocycles. The zero-order valence-corrected chi connectivity index (χ0v) is 10.6. The van der Waals surface area contributed by atoms with Crippen molar-refractivity contribution in [3.8, 4) is 0 Å². The van der Waals surface area contributed by atoms with Crippen LogP contribution in [0.25, 0.3) is 0 Å². The summed E-state index contributed by atoms with van der Waals surface area (Å²) < 4.78 is 1.80. The van der Waals surface area contributed by atoms with Gasteiger partial charge in [0.1, 0.15) is 5.69 Å². The Morgan fingerprint density at radius 3 is 2.50 bits per heavy atom. The summed E-state index contributed by atoms with van der Waals surface area (Å²) >= 11 is 0. The monoisotopic (exact) mass is 243 g/mol. The van der Waals surface area contributed by atoms with Crippen molar-refractivity contribution in [2.24, 2.45) is 0 Å². The number of carboxylic acid groups (broad SMARTS) is 1. The van der Waals surface area contributed by atoms with E-state index in [0.29, 0.717) is 18.2 Å². The lowest BCUT2D eigenvalue weighted by Crippen LogP contribution is -2.08. The molecule has 2 aromatic rings. The van der Waals surface area contributed by atoms with Gasteiger partial charge in [0.05, 0.1) is 0 Å². The Morgan fingerprint density at radius 1 is 1.28 bits per heavy atom. The Kier molecular flexibility index (Phi) is 3.51. The maximum atomic E-state index is 11.2. The van der Waals surface area contributed by atoms with E-state index in [1.165, 1.54) is 0 Å². The van der Waals surface area contributed by atoms with Crippen molar-refractivity contribution >= 4 is 5.97 Å². The molecule has 0 fully saturated rings. The highest BCUT2D eigenvalue weighted by atomic mass is 16.4. The Bertz CT molecular complexity index is 541. The standard InChI is InChI=1S/C15H17NO2/c1-11(2)13-8-14(15(17)18)16(10-13)9-12-6-4-3-5-7-12/h3-8,10-11H,9H2,1-2H3,(H,17,18). The maximum Gasteiger partial charge on any atom is 0.352 e. The number of nitrogens with zero attached hydrogens (tertiary/aromatic N) is 1. The third-order valence-electron chi connectivity index (χ3n) is 3.00. The molecule has 0 radical (unpaired) electrons. The molecule has 0 saturated carbocycles. The number of carbonyl (C=O) groups is 1. The lowest BCUT2D eigenvalue weighted by atomic mass is 10.1. The molecular formula is C15H17NO2. The van der Waals surface area contributed by atoms with Gasteiger partial charge in [-0.15, -0.1) is 0 Å². The minimum absolute atomic E-state index is 0.333. The van der Waals surface area contributed by atoms with Gasteiger partial charge in [-0.2, -0.15) is 0 Å². The smallest absolute Gasteiger partial charge is 0.352 e. The Hall–Kier alpha value is -2.03. The van der Waals surface area contributed by atoms with Crippen LogP contribution in [0.1, 0.15) is 41.4 Å². The van der Waals surface area contributed by atoms with Gasteiger partial charge in [-0.25, -0.2) is 4.79 Å². The number of hydrogen-bond acceptors (Lipinski definition) is 1. The second kappa shape index (κ2) is 5.08. The van der Waals surface area contributed by atoms with E-state index in [1.807, 2.05) is 36.5 Å². The fourth-order valence-corrected chi connectivity index (χ4v) is 1.94. The molecule has 0 amide bonds. The van der Waals surface area contributed by atoms with E-state index in [1.54, 1.807) is 10.6 Å². The molecule has 0 unspecified atom stereocenters. The van der Waals surface area contributed by atoms with Gasteiger partial charge >= 0.3 is 5.97 Å². The quantitative estimate of drug-likeness (QED) is 0.894. The van der Waals surface area contributed by atoms with Crippen molar-refractivity contribution in [2.75, 3.05) is 0 Å². The number of rotatable bonds is 4. The summed E-state index contributed by atoms with van der Waals surface area (Å²) in [6.07, 6.45) is 1.93. The van der Waals surface area contributed by atoms with Crippen molar-refractivity contribution in [3.05, 3.63) is 59.4 Å². The van der Waals surface area contributed by atoms with Crippen molar-refractivity contribution in [2.45, 2.75) is 26.3 Å². The molecule has 1 N–H and O–H groups in total. The average molecular weight is 243 g/mol. The van der Waals surface area contributed by atoms with E-state index in [2.05, 4.69) is 13.8 Å². The molecule has 1 aromatic carbocycles. The van der Waals surface area contributed by atoms with Crippen LogP contribution in [0, 0.1) is 0 Å². The zero-order valence-electron chi connectivity index (χ0n) is 10.6. The summed E-state index contributed by atoms with van der Waals surface area (Å²) in [6, 6.07) is 11.6. The molecule has 2 rings (SSSR count). The van der Waals surface area contributed by atoms with E-state index in [-0.39, 0.29) is 0 Å². The Morgan fingerprint density at radius 2 is 1.94 bits per heavy atom. The van der Waals surface area contributed by atoms with Crippen LogP contribution < -0.4 is 0 Å². The molecule has 0 spiro atoms. The highest BCUT2D eigenvalue weighted by Gasteiger charge is 2.14. The second-order valence-corrected chi connectivity index (χ2v) is 4.73. The van der Waals surface area contributed by atoms with Gasteiger partial charge in [0, 0.05) is 12.7 Å². The van der Waals surface area contributed by atoms with Crippen LogP contribution >= 0.6 is 0 Å². The first-order valence-corrected chi connectivity index (χ1v) is 6.05. The van der Waals surface area contributed by atoms with E-state index in [0.717, 1.165) is 11.1 Å². The van der Waals surface area contributed by atoms with E-state index >= 15 is 0 Å². The lowest BCUT2D eigenvalue weighted by Gasteiger charge is -2.06. The molecular weight excluding hydrogens is 226 g/mol.